The molecule has 3 atom stereocenters. The first-order valence-electron chi connectivity index (χ1n) is 4.45. The number of rotatable bonds is 0. The predicted octanol–water partition coefficient (Wildman–Crippen LogP) is 2.69. The first-order chi connectivity index (χ1) is 4.45. The molecule has 0 bridgehead atoms. The highest BCUT2D eigenvalue weighted by atomic mass is 15.0. The Morgan fingerprint density at radius 2 is 1.60 bits per heavy atom. The summed E-state index contributed by atoms with van der Waals surface area (Å²) in [4.78, 5) is 0. The third-order valence-corrected chi connectivity index (χ3v) is 4.82. The molecular weight excluding hydrogens is 120 g/mol. The topological polar surface area (TPSA) is 0 Å². The van der Waals surface area contributed by atoms with Crippen LogP contribution in [0.15, 0.2) is 0 Å². The second-order valence-corrected chi connectivity index (χ2v) is 5.88. The molecule has 10 heavy (non-hydrogen) atoms. The first-order valence-corrected chi connectivity index (χ1v) is 4.45. The third kappa shape index (κ3) is 0.258. The Morgan fingerprint density at radius 1 is 1.00 bits per heavy atom. The molecule has 0 aromatic heterocycles. The number of hydrogen-bond donors (Lipinski definition) is 0. The highest BCUT2D eigenvalue weighted by Crippen LogP contribution is 3.03. The van der Waals surface area contributed by atoms with Crippen LogP contribution in [0.1, 0.15) is 34.1 Å². The normalized spacial score (nSPS) is 63.6. The Bertz CT molecular complexity index is 208. The summed E-state index contributed by atoms with van der Waals surface area (Å²) in [5.41, 5.74) is 2.36. The minimum atomic E-state index is 0.722. The van der Waals surface area contributed by atoms with Gasteiger partial charge in [0.1, 0.15) is 0 Å². The van der Waals surface area contributed by atoms with Gasteiger partial charge in [0.15, 0.2) is 0 Å². The van der Waals surface area contributed by atoms with Crippen LogP contribution in [-0.4, -0.2) is 0 Å². The lowest BCUT2D eigenvalue weighted by Crippen LogP contribution is -2.40. The first kappa shape index (κ1) is 5.62. The molecule has 0 aromatic carbocycles. The third-order valence-electron chi connectivity index (χ3n) is 4.82. The van der Waals surface area contributed by atoms with Gasteiger partial charge in [-0.1, -0.05) is 27.7 Å². The summed E-state index contributed by atoms with van der Waals surface area (Å²) >= 11 is 0. The highest BCUT2D eigenvalue weighted by molar-refractivity contribution is 5.45. The van der Waals surface area contributed by atoms with Gasteiger partial charge in [-0.15, -0.1) is 0 Å². The summed E-state index contributed by atoms with van der Waals surface area (Å²) in [6.07, 6.45) is 1.52. The van der Waals surface area contributed by atoms with Crippen molar-refractivity contribution >= 4 is 0 Å². The molecule has 0 heterocycles. The van der Waals surface area contributed by atoms with Crippen molar-refractivity contribution in [3.8, 4) is 0 Å². The van der Waals surface area contributed by atoms with E-state index in [2.05, 4.69) is 27.7 Å². The molecule has 56 valence electrons. The monoisotopic (exact) mass is 136 g/mol. The Hall–Kier alpha value is 0. The van der Waals surface area contributed by atoms with E-state index in [4.69, 9.17) is 0 Å². The standard InChI is InChI=1S/C10H16/c1-8(2)5-10-6(8)7(10)9(10,3)4/h6-7H,5H2,1-4H3. The van der Waals surface area contributed by atoms with Crippen LogP contribution in [0.25, 0.3) is 0 Å². The van der Waals surface area contributed by atoms with Crippen LogP contribution < -0.4 is 0 Å². The van der Waals surface area contributed by atoms with Crippen molar-refractivity contribution in [1.29, 1.82) is 0 Å². The van der Waals surface area contributed by atoms with Gasteiger partial charge in [0.05, 0.1) is 0 Å². The van der Waals surface area contributed by atoms with E-state index in [1.54, 1.807) is 0 Å². The smallest absolute Gasteiger partial charge is 0.0165 e. The molecule has 3 aliphatic carbocycles. The fourth-order valence-electron chi connectivity index (χ4n) is 4.42. The molecule has 3 aliphatic rings. The van der Waals surface area contributed by atoms with Crippen LogP contribution in [0.4, 0.5) is 0 Å². The Balaban J connectivity index is 1.91. The molecule has 3 unspecified atom stereocenters. The average molecular weight is 136 g/mol. The van der Waals surface area contributed by atoms with Crippen LogP contribution in [0.5, 0.6) is 0 Å². The van der Waals surface area contributed by atoms with E-state index in [0.29, 0.717) is 0 Å². The highest BCUT2D eigenvalue weighted by Gasteiger charge is 2.98. The second kappa shape index (κ2) is 0.922. The van der Waals surface area contributed by atoms with Crippen molar-refractivity contribution < 1.29 is 0 Å². The molecule has 0 amide bonds. The summed E-state index contributed by atoms with van der Waals surface area (Å²) in [5.74, 6) is 2.27. The largest absolute Gasteiger partial charge is 0.0596 e. The summed E-state index contributed by atoms with van der Waals surface area (Å²) in [5, 5.41) is 0. The van der Waals surface area contributed by atoms with Gasteiger partial charge in [-0.3, -0.25) is 0 Å². The summed E-state index contributed by atoms with van der Waals surface area (Å²) in [7, 11) is 0. The van der Waals surface area contributed by atoms with E-state index >= 15 is 0 Å². The molecule has 0 aliphatic heterocycles. The van der Waals surface area contributed by atoms with Crippen LogP contribution in [0.2, 0.25) is 0 Å². The molecule has 0 nitrogen and oxygen atoms in total. The van der Waals surface area contributed by atoms with E-state index < -0.39 is 0 Å². The molecule has 3 rings (SSSR count). The fraction of sp³-hybridized carbons (Fsp3) is 1.00. The Morgan fingerprint density at radius 3 is 1.70 bits per heavy atom. The van der Waals surface area contributed by atoms with Crippen molar-refractivity contribution in [2.75, 3.05) is 0 Å². The maximum atomic E-state index is 2.45. The molecule has 1 spiro atoms. The zero-order valence-corrected chi connectivity index (χ0v) is 7.36. The van der Waals surface area contributed by atoms with Gasteiger partial charge in [-0.2, -0.15) is 0 Å². The SMILES string of the molecule is CC1(C)CC23C1C2C3(C)C. The van der Waals surface area contributed by atoms with Gasteiger partial charge >= 0.3 is 0 Å². The maximum Gasteiger partial charge on any atom is -0.0165 e. The molecule has 0 N–H and O–H groups in total. The summed E-state index contributed by atoms with van der Waals surface area (Å²) in [6.45, 7) is 9.77. The second-order valence-electron chi connectivity index (χ2n) is 5.88. The van der Waals surface area contributed by atoms with Crippen LogP contribution in [-0.2, 0) is 0 Å². The van der Waals surface area contributed by atoms with Crippen molar-refractivity contribution in [2.45, 2.75) is 34.1 Å². The average Bonchev–Trinajstić information content (AvgIpc) is 2.46. The predicted molar refractivity (Wildman–Crippen MR) is 41.6 cm³/mol. The molecule has 0 saturated heterocycles. The van der Waals surface area contributed by atoms with Gasteiger partial charge < -0.3 is 0 Å². The lowest BCUT2D eigenvalue weighted by atomic mass is 9.57. The molecule has 3 saturated carbocycles. The van der Waals surface area contributed by atoms with Crippen molar-refractivity contribution in [3.05, 3.63) is 0 Å². The van der Waals surface area contributed by atoms with E-state index in [0.717, 1.165) is 28.1 Å². The maximum absolute atomic E-state index is 2.45. The number of fused-ring (bicyclic) bond motifs is 1. The van der Waals surface area contributed by atoms with Crippen LogP contribution in [0, 0.1) is 28.1 Å². The Kier molecular flexibility index (Phi) is 0.518. The minimum Gasteiger partial charge on any atom is -0.0596 e. The van der Waals surface area contributed by atoms with Crippen LogP contribution in [0.3, 0.4) is 0 Å². The lowest BCUT2D eigenvalue weighted by molar-refractivity contribution is 0.0120. The quantitative estimate of drug-likeness (QED) is 0.480. The van der Waals surface area contributed by atoms with E-state index in [9.17, 15) is 0 Å². The molecule has 0 radical (unpaired) electrons. The molecular formula is C10H16. The number of hydrogen-bond acceptors (Lipinski definition) is 0. The molecule has 0 aromatic rings. The molecule has 0 heteroatoms. The van der Waals surface area contributed by atoms with Crippen molar-refractivity contribution in [3.63, 3.8) is 0 Å². The van der Waals surface area contributed by atoms with Crippen molar-refractivity contribution in [1.82, 2.24) is 0 Å². The van der Waals surface area contributed by atoms with E-state index in [-0.39, 0.29) is 0 Å². The zero-order chi connectivity index (χ0) is 7.36. The van der Waals surface area contributed by atoms with Crippen LogP contribution >= 0.6 is 0 Å². The Labute approximate surface area is 63.0 Å². The van der Waals surface area contributed by atoms with Gasteiger partial charge in [0, 0.05) is 0 Å². The minimum absolute atomic E-state index is 0.722. The van der Waals surface area contributed by atoms with Gasteiger partial charge in [-0.25, -0.2) is 0 Å². The lowest BCUT2D eigenvalue weighted by Gasteiger charge is -2.47. The van der Waals surface area contributed by atoms with Gasteiger partial charge in [0.25, 0.3) is 0 Å². The summed E-state index contributed by atoms with van der Waals surface area (Å²) < 4.78 is 0. The van der Waals surface area contributed by atoms with Gasteiger partial charge in [0.2, 0.25) is 0 Å². The zero-order valence-electron chi connectivity index (χ0n) is 7.36. The molecule has 3 fully saturated rings. The fourth-order valence-corrected chi connectivity index (χ4v) is 4.42. The summed E-state index contributed by atoms with van der Waals surface area (Å²) in [6, 6.07) is 0. The van der Waals surface area contributed by atoms with E-state index in [1.807, 2.05) is 0 Å². The van der Waals surface area contributed by atoms with Crippen molar-refractivity contribution in [2.24, 2.45) is 28.1 Å². The van der Waals surface area contributed by atoms with Gasteiger partial charge in [-0.05, 0) is 34.5 Å². The van der Waals surface area contributed by atoms with E-state index in [1.165, 1.54) is 6.42 Å².